The number of hydrogen-bond donors (Lipinski definition) is 1. The van der Waals surface area contributed by atoms with Crippen molar-refractivity contribution >= 4 is 11.6 Å². The first-order valence-electron chi connectivity index (χ1n) is 7.43. The molecule has 0 radical (unpaired) electrons. The SMILES string of the molecule is CCON(OCC)C(=O)c1ccc(N2CCOCC2)cc1O. The molecule has 1 fully saturated rings. The first-order valence-corrected chi connectivity index (χ1v) is 7.43. The van der Waals surface area contributed by atoms with Crippen LogP contribution in [0.1, 0.15) is 24.2 Å². The Balaban J connectivity index is 2.15. The van der Waals surface area contributed by atoms with Crippen LogP contribution in [0.2, 0.25) is 0 Å². The van der Waals surface area contributed by atoms with Crippen molar-refractivity contribution in [2.45, 2.75) is 13.8 Å². The van der Waals surface area contributed by atoms with Crippen LogP contribution in [0, 0.1) is 0 Å². The minimum atomic E-state index is -0.533. The lowest BCUT2D eigenvalue weighted by molar-refractivity contribution is -0.323. The highest BCUT2D eigenvalue weighted by Crippen LogP contribution is 2.26. The van der Waals surface area contributed by atoms with E-state index >= 15 is 0 Å². The third-order valence-corrected chi connectivity index (χ3v) is 3.25. The fourth-order valence-corrected chi connectivity index (χ4v) is 2.21. The molecular formula is C15H22N2O5. The van der Waals surface area contributed by atoms with Gasteiger partial charge in [-0.1, -0.05) is 5.23 Å². The van der Waals surface area contributed by atoms with Gasteiger partial charge in [0.2, 0.25) is 0 Å². The molecule has 1 saturated heterocycles. The van der Waals surface area contributed by atoms with E-state index in [0.29, 0.717) is 26.4 Å². The van der Waals surface area contributed by atoms with Gasteiger partial charge in [0, 0.05) is 24.8 Å². The second-order valence-corrected chi connectivity index (χ2v) is 4.70. The van der Waals surface area contributed by atoms with E-state index in [1.807, 2.05) is 0 Å². The summed E-state index contributed by atoms with van der Waals surface area (Å²) in [7, 11) is 0. The standard InChI is InChI=1S/C15H22N2O5/c1-3-21-17(22-4-2)15(19)13-6-5-12(11-14(13)18)16-7-9-20-10-8-16/h5-6,11,18H,3-4,7-10H2,1-2H3. The largest absolute Gasteiger partial charge is 0.507 e. The lowest BCUT2D eigenvalue weighted by Gasteiger charge is -2.29. The van der Waals surface area contributed by atoms with Gasteiger partial charge >= 0.3 is 5.91 Å². The Morgan fingerprint density at radius 3 is 2.45 bits per heavy atom. The Hall–Kier alpha value is -1.83. The molecule has 0 saturated carbocycles. The van der Waals surface area contributed by atoms with Crippen molar-refractivity contribution in [3.63, 3.8) is 0 Å². The summed E-state index contributed by atoms with van der Waals surface area (Å²) in [5.41, 5.74) is 0.996. The van der Waals surface area contributed by atoms with E-state index in [9.17, 15) is 9.90 Å². The molecule has 7 nitrogen and oxygen atoms in total. The number of amides is 1. The number of benzene rings is 1. The molecule has 1 aromatic rings. The van der Waals surface area contributed by atoms with Crippen LogP contribution in [0.5, 0.6) is 5.75 Å². The average Bonchev–Trinajstić information content (AvgIpc) is 2.55. The van der Waals surface area contributed by atoms with Crippen molar-refractivity contribution in [2.75, 3.05) is 44.4 Å². The van der Waals surface area contributed by atoms with Crippen molar-refractivity contribution in [3.05, 3.63) is 23.8 Å². The predicted molar refractivity (Wildman–Crippen MR) is 80.6 cm³/mol. The molecule has 1 amide bonds. The van der Waals surface area contributed by atoms with Crippen LogP contribution in [0.25, 0.3) is 0 Å². The molecule has 1 heterocycles. The predicted octanol–water partition coefficient (Wildman–Crippen LogP) is 1.57. The van der Waals surface area contributed by atoms with Crippen LogP contribution in [0.3, 0.4) is 0 Å². The van der Waals surface area contributed by atoms with E-state index in [1.54, 1.807) is 32.0 Å². The van der Waals surface area contributed by atoms with Crippen molar-refractivity contribution in [3.8, 4) is 5.75 Å². The normalized spacial score (nSPS) is 14.9. The smallest absolute Gasteiger partial charge is 0.307 e. The molecule has 1 aliphatic rings. The Morgan fingerprint density at radius 2 is 1.91 bits per heavy atom. The number of anilines is 1. The van der Waals surface area contributed by atoms with Crippen LogP contribution < -0.4 is 4.90 Å². The molecule has 0 aromatic heterocycles. The van der Waals surface area contributed by atoms with Crippen molar-refractivity contribution in [2.24, 2.45) is 0 Å². The summed E-state index contributed by atoms with van der Waals surface area (Å²) in [4.78, 5) is 24.7. The molecule has 0 spiro atoms. The molecule has 7 heteroatoms. The molecule has 0 bridgehead atoms. The summed E-state index contributed by atoms with van der Waals surface area (Å²) in [5, 5.41) is 11.0. The summed E-state index contributed by atoms with van der Waals surface area (Å²) in [5.74, 6) is -0.631. The van der Waals surface area contributed by atoms with E-state index in [0.717, 1.165) is 24.0 Å². The fraction of sp³-hybridized carbons (Fsp3) is 0.533. The minimum absolute atomic E-state index is 0.0987. The van der Waals surface area contributed by atoms with E-state index in [4.69, 9.17) is 14.4 Å². The number of nitrogens with zero attached hydrogens (tertiary/aromatic N) is 2. The quantitative estimate of drug-likeness (QED) is 0.804. The van der Waals surface area contributed by atoms with Gasteiger partial charge in [0.1, 0.15) is 5.75 Å². The van der Waals surface area contributed by atoms with Crippen molar-refractivity contribution in [1.82, 2.24) is 5.23 Å². The third-order valence-electron chi connectivity index (χ3n) is 3.25. The molecular weight excluding hydrogens is 288 g/mol. The Morgan fingerprint density at radius 1 is 1.27 bits per heavy atom. The highest BCUT2D eigenvalue weighted by Gasteiger charge is 2.22. The lowest BCUT2D eigenvalue weighted by atomic mass is 10.1. The Labute approximate surface area is 129 Å². The van der Waals surface area contributed by atoms with Crippen molar-refractivity contribution in [1.29, 1.82) is 0 Å². The second-order valence-electron chi connectivity index (χ2n) is 4.70. The number of ether oxygens (including phenoxy) is 1. The van der Waals surface area contributed by atoms with Gasteiger partial charge in [-0.25, -0.2) is 9.68 Å². The molecule has 122 valence electrons. The summed E-state index contributed by atoms with van der Waals surface area (Å²) in [6, 6.07) is 4.95. The maximum absolute atomic E-state index is 12.3. The highest BCUT2D eigenvalue weighted by atomic mass is 17.0. The van der Waals surface area contributed by atoms with Gasteiger partial charge in [-0.2, -0.15) is 0 Å². The number of phenols is 1. The number of phenolic OH excluding ortho intramolecular Hbond substituents is 1. The fourth-order valence-electron chi connectivity index (χ4n) is 2.21. The minimum Gasteiger partial charge on any atom is -0.507 e. The van der Waals surface area contributed by atoms with Gasteiger partial charge in [-0.05, 0) is 26.0 Å². The van der Waals surface area contributed by atoms with Gasteiger partial charge in [0.15, 0.2) is 0 Å². The third kappa shape index (κ3) is 3.88. The maximum Gasteiger partial charge on any atom is 0.307 e. The molecule has 22 heavy (non-hydrogen) atoms. The number of rotatable bonds is 6. The molecule has 1 N–H and O–H groups in total. The van der Waals surface area contributed by atoms with Crippen LogP contribution in [-0.2, 0) is 14.4 Å². The maximum atomic E-state index is 12.3. The molecule has 0 atom stereocenters. The summed E-state index contributed by atoms with van der Waals surface area (Å²) in [6.45, 7) is 6.92. The van der Waals surface area contributed by atoms with E-state index < -0.39 is 5.91 Å². The van der Waals surface area contributed by atoms with Crippen LogP contribution >= 0.6 is 0 Å². The number of hydrogen-bond acceptors (Lipinski definition) is 6. The molecule has 1 aromatic carbocycles. The number of aromatic hydroxyl groups is 1. The Bertz CT molecular complexity index is 497. The zero-order valence-electron chi connectivity index (χ0n) is 12.9. The van der Waals surface area contributed by atoms with Gasteiger partial charge < -0.3 is 14.7 Å². The number of hydroxylamine groups is 2. The second kappa shape index (κ2) is 7.98. The molecule has 0 unspecified atom stereocenters. The van der Waals surface area contributed by atoms with Crippen molar-refractivity contribution < 1.29 is 24.3 Å². The number of carbonyl (C=O) groups excluding carboxylic acids is 1. The van der Waals surface area contributed by atoms with Crippen LogP contribution in [0.4, 0.5) is 5.69 Å². The first-order chi connectivity index (χ1) is 10.7. The molecule has 1 aliphatic heterocycles. The van der Waals surface area contributed by atoms with Gasteiger partial charge in [-0.3, -0.25) is 4.79 Å². The zero-order chi connectivity index (χ0) is 15.9. The Kier molecular flexibility index (Phi) is 6.00. The lowest BCUT2D eigenvalue weighted by Crippen LogP contribution is -2.36. The summed E-state index contributed by atoms with van der Waals surface area (Å²) >= 11 is 0. The zero-order valence-corrected chi connectivity index (χ0v) is 12.9. The van der Waals surface area contributed by atoms with E-state index in [-0.39, 0.29) is 11.3 Å². The molecule has 2 rings (SSSR count). The summed E-state index contributed by atoms with van der Waals surface area (Å²) < 4.78 is 5.30. The van der Waals surface area contributed by atoms with Gasteiger partial charge in [0.05, 0.1) is 32.0 Å². The van der Waals surface area contributed by atoms with Crippen LogP contribution in [0.15, 0.2) is 18.2 Å². The van der Waals surface area contributed by atoms with E-state index in [1.165, 1.54) is 0 Å². The van der Waals surface area contributed by atoms with Crippen LogP contribution in [-0.4, -0.2) is 55.8 Å². The van der Waals surface area contributed by atoms with E-state index in [2.05, 4.69) is 4.90 Å². The molecule has 0 aliphatic carbocycles. The average molecular weight is 310 g/mol. The number of carbonyl (C=O) groups is 1. The number of morpholine rings is 1. The summed E-state index contributed by atoms with van der Waals surface area (Å²) in [6.07, 6.45) is 0. The highest BCUT2D eigenvalue weighted by molar-refractivity contribution is 5.96. The van der Waals surface area contributed by atoms with Gasteiger partial charge in [-0.15, -0.1) is 0 Å². The topological polar surface area (TPSA) is 71.5 Å². The van der Waals surface area contributed by atoms with Gasteiger partial charge in [0.25, 0.3) is 0 Å². The first kappa shape index (κ1) is 16.5. The monoisotopic (exact) mass is 310 g/mol.